The van der Waals surface area contributed by atoms with Crippen LogP contribution in [0.2, 0.25) is 0 Å². The maximum atomic E-state index is 12.1. The van der Waals surface area contributed by atoms with E-state index in [0.717, 1.165) is 0 Å². The summed E-state index contributed by atoms with van der Waals surface area (Å²) in [7, 11) is 0. The minimum atomic E-state index is -0.513. The van der Waals surface area contributed by atoms with Crippen LogP contribution in [0.4, 0.5) is 0 Å². The first kappa shape index (κ1) is 13.0. The Bertz CT molecular complexity index is 283. The van der Waals surface area contributed by atoms with E-state index in [4.69, 9.17) is 5.73 Å². The van der Waals surface area contributed by atoms with E-state index in [-0.39, 0.29) is 17.2 Å². The summed E-state index contributed by atoms with van der Waals surface area (Å²) in [5.74, 6) is -0.0661. The lowest BCUT2D eigenvalue weighted by molar-refractivity contribution is -0.134. The van der Waals surface area contributed by atoms with Crippen molar-refractivity contribution >= 4 is 11.8 Å². The Labute approximate surface area is 96.4 Å². The molecule has 0 radical (unpaired) electrons. The first-order valence-corrected chi connectivity index (χ1v) is 5.63. The zero-order valence-corrected chi connectivity index (χ0v) is 10.2. The van der Waals surface area contributed by atoms with Gasteiger partial charge in [-0.2, -0.15) is 0 Å². The monoisotopic (exact) mass is 227 g/mol. The van der Waals surface area contributed by atoms with Gasteiger partial charge in [-0.15, -0.1) is 0 Å². The van der Waals surface area contributed by atoms with Crippen molar-refractivity contribution < 1.29 is 9.59 Å². The van der Waals surface area contributed by atoms with E-state index in [1.165, 1.54) is 0 Å². The second-order valence-electron chi connectivity index (χ2n) is 5.27. The minimum absolute atomic E-state index is 0.000342. The molecule has 1 atom stereocenters. The number of nitrogens with zero attached hydrogens (tertiary/aromatic N) is 1. The van der Waals surface area contributed by atoms with Gasteiger partial charge < -0.3 is 16.0 Å². The summed E-state index contributed by atoms with van der Waals surface area (Å²) in [6.07, 6.45) is 0.364. The summed E-state index contributed by atoms with van der Waals surface area (Å²) < 4.78 is 0. The van der Waals surface area contributed by atoms with Crippen molar-refractivity contribution in [2.75, 3.05) is 19.6 Å². The van der Waals surface area contributed by atoms with E-state index in [0.29, 0.717) is 26.1 Å². The van der Waals surface area contributed by atoms with Gasteiger partial charge in [0.25, 0.3) is 0 Å². The van der Waals surface area contributed by atoms with Gasteiger partial charge in [-0.3, -0.25) is 9.59 Å². The Morgan fingerprint density at radius 3 is 2.62 bits per heavy atom. The summed E-state index contributed by atoms with van der Waals surface area (Å²) in [6, 6.07) is -0.513. The average Bonchev–Trinajstić information content (AvgIpc) is 2.39. The summed E-state index contributed by atoms with van der Waals surface area (Å²) in [6.45, 7) is 7.36. The van der Waals surface area contributed by atoms with Gasteiger partial charge >= 0.3 is 0 Å². The zero-order chi connectivity index (χ0) is 12.3. The van der Waals surface area contributed by atoms with Crippen LogP contribution in [0.5, 0.6) is 0 Å². The molecule has 0 aromatic rings. The molecule has 1 heterocycles. The first-order valence-electron chi connectivity index (χ1n) is 5.63. The van der Waals surface area contributed by atoms with Gasteiger partial charge in [0.1, 0.15) is 0 Å². The molecule has 1 unspecified atom stereocenters. The molecule has 16 heavy (non-hydrogen) atoms. The van der Waals surface area contributed by atoms with Crippen LogP contribution in [0, 0.1) is 5.41 Å². The number of nitrogens with one attached hydrogen (secondary N) is 1. The highest BCUT2D eigenvalue weighted by molar-refractivity contribution is 5.84. The van der Waals surface area contributed by atoms with Crippen molar-refractivity contribution in [3.8, 4) is 0 Å². The molecule has 0 aliphatic carbocycles. The molecule has 1 aliphatic rings. The third kappa shape index (κ3) is 3.20. The molecule has 2 amide bonds. The van der Waals surface area contributed by atoms with Crippen LogP contribution in [-0.2, 0) is 9.59 Å². The topological polar surface area (TPSA) is 75.4 Å². The minimum Gasteiger partial charge on any atom is -0.354 e. The summed E-state index contributed by atoms with van der Waals surface area (Å²) >= 11 is 0. The highest BCUT2D eigenvalue weighted by Crippen LogP contribution is 2.19. The number of rotatable bonds is 1. The fourth-order valence-corrected chi connectivity index (χ4v) is 1.55. The smallest absolute Gasteiger partial charge is 0.240 e. The lowest BCUT2D eigenvalue weighted by atomic mass is 9.86. The van der Waals surface area contributed by atoms with Crippen LogP contribution < -0.4 is 11.1 Å². The predicted molar refractivity (Wildman–Crippen MR) is 61.6 cm³/mol. The molecule has 3 N–H and O–H groups in total. The Kier molecular flexibility index (Phi) is 3.91. The Morgan fingerprint density at radius 1 is 1.44 bits per heavy atom. The molecule has 1 aliphatic heterocycles. The molecular weight excluding hydrogens is 206 g/mol. The summed E-state index contributed by atoms with van der Waals surface area (Å²) in [5.41, 5.74) is 5.67. The molecular formula is C11H21N3O2. The molecule has 1 rings (SSSR count). The van der Waals surface area contributed by atoms with E-state index in [1.807, 2.05) is 20.8 Å². The SMILES string of the molecule is CC(C)(C)C(N)C(=O)N1CCNC(=O)CC1. The standard InChI is InChI=1S/C11H21N3O2/c1-11(2,3)9(12)10(16)14-6-4-8(15)13-5-7-14/h9H,4-7,12H2,1-3H3,(H,13,15). The second-order valence-corrected chi connectivity index (χ2v) is 5.27. The normalized spacial score (nSPS) is 20.0. The van der Waals surface area contributed by atoms with E-state index in [1.54, 1.807) is 4.90 Å². The third-order valence-electron chi connectivity index (χ3n) is 2.82. The van der Waals surface area contributed by atoms with Crippen LogP contribution in [0.15, 0.2) is 0 Å². The van der Waals surface area contributed by atoms with E-state index >= 15 is 0 Å². The fourth-order valence-electron chi connectivity index (χ4n) is 1.55. The molecule has 0 bridgehead atoms. The van der Waals surface area contributed by atoms with Gasteiger partial charge in [-0.05, 0) is 5.41 Å². The summed E-state index contributed by atoms with van der Waals surface area (Å²) in [5, 5.41) is 2.73. The van der Waals surface area contributed by atoms with Gasteiger partial charge in [-0.25, -0.2) is 0 Å². The van der Waals surface area contributed by atoms with Crippen molar-refractivity contribution in [2.45, 2.75) is 33.2 Å². The summed E-state index contributed by atoms with van der Waals surface area (Å²) in [4.78, 5) is 24.9. The van der Waals surface area contributed by atoms with Crippen molar-refractivity contribution in [1.82, 2.24) is 10.2 Å². The van der Waals surface area contributed by atoms with Gasteiger partial charge in [0.2, 0.25) is 11.8 Å². The van der Waals surface area contributed by atoms with E-state index < -0.39 is 6.04 Å². The number of carbonyl (C=O) groups is 2. The maximum absolute atomic E-state index is 12.1. The van der Waals surface area contributed by atoms with E-state index in [9.17, 15) is 9.59 Å². The lowest BCUT2D eigenvalue weighted by Crippen LogP contribution is -2.51. The molecule has 0 spiro atoms. The Morgan fingerprint density at radius 2 is 2.06 bits per heavy atom. The maximum Gasteiger partial charge on any atom is 0.240 e. The zero-order valence-electron chi connectivity index (χ0n) is 10.2. The predicted octanol–water partition coefficient (Wildman–Crippen LogP) is -0.292. The molecule has 1 saturated heterocycles. The second kappa shape index (κ2) is 4.82. The molecule has 0 aromatic carbocycles. The van der Waals surface area contributed by atoms with E-state index in [2.05, 4.69) is 5.32 Å². The fraction of sp³-hybridized carbons (Fsp3) is 0.818. The van der Waals surface area contributed by atoms with Crippen LogP contribution >= 0.6 is 0 Å². The van der Waals surface area contributed by atoms with Crippen molar-refractivity contribution in [3.05, 3.63) is 0 Å². The number of carbonyl (C=O) groups excluding carboxylic acids is 2. The van der Waals surface area contributed by atoms with Gasteiger partial charge in [0, 0.05) is 26.1 Å². The Hall–Kier alpha value is -1.10. The van der Waals surface area contributed by atoms with Crippen LogP contribution in [0.25, 0.3) is 0 Å². The van der Waals surface area contributed by atoms with Crippen molar-refractivity contribution in [1.29, 1.82) is 0 Å². The first-order chi connectivity index (χ1) is 7.32. The van der Waals surface area contributed by atoms with Gasteiger partial charge in [-0.1, -0.05) is 20.8 Å². The highest BCUT2D eigenvalue weighted by Gasteiger charge is 2.31. The van der Waals surface area contributed by atoms with Gasteiger partial charge in [0.05, 0.1) is 6.04 Å². The van der Waals surface area contributed by atoms with Crippen molar-refractivity contribution in [2.24, 2.45) is 11.1 Å². The molecule has 0 saturated carbocycles. The highest BCUT2D eigenvalue weighted by atomic mass is 16.2. The number of hydrogen-bond acceptors (Lipinski definition) is 3. The van der Waals surface area contributed by atoms with Crippen LogP contribution in [0.3, 0.4) is 0 Å². The molecule has 5 heteroatoms. The number of amides is 2. The quantitative estimate of drug-likeness (QED) is 0.646. The van der Waals surface area contributed by atoms with Crippen LogP contribution in [-0.4, -0.2) is 42.4 Å². The van der Waals surface area contributed by atoms with Crippen molar-refractivity contribution in [3.63, 3.8) is 0 Å². The van der Waals surface area contributed by atoms with Gasteiger partial charge in [0.15, 0.2) is 0 Å². The Balaban J connectivity index is 2.63. The largest absolute Gasteiger partial charge is 0.354 e. The molecule has 5 nitrogen and oxygen atoms in total. The molecule has 1 fully saturated rings. The van der Waals surface area contributed by atoms with Crippen LogP contribution in [0.1, 0.15) is 27.2 Å². The number of hydrogen-bond donors (Lipinski definition) is 2. The number of nitrogens with two attached hydrogens (primary N) is 1. The molecule has 92 valence electrons. The molecule has 0 aromatic heterocycles. The average molecular weight is 227 g/mol. The third-order valence-corrected chi connectivity index (χ3v) is 2.82. The lowest BCUT2D eigenvalue weighted by Gasteiger charge is -2.31.